The Morgan fingerprint density at radius 3 is 2.55 bits per heavy atom. The van der Waals surface area contributed by atoms with Gasteiger partial charge >= 0.3 is 6.18 Å². The molecule has 0 aromatic carbocycles. The molecule has 1 rings (SSSR count). The molecule has 0 amide bonds. The van der Waals surface area contributed by atoms with E-state index in [1.807, 2.05) is 0 Å². The molecule has 0 radical (unpaired) electrons. The molecule has 1 aromatic rings. The Morgan fingerprint density at radius 1 is 1.35 bits per heavy atom. The minimum absolute atomic E-state index is 0.0828. The van der Waals surface area contributed by atoms with E-state index < -0.39 is 12.3 Å². The lowest BCUT2D eigenvalue weighted by molar-refractivity contribution is -0.190. The fraction of sp³-hybridized carbons (Fsp3) is 0.615. The number of ether oxygens (including phenoxy) is 1. The normalized spacial score (nSPS) is 13.6. The Hall–Kier alpha value is -1.01. The largest absolute Gasteiger partial charge is 0.465 e. The second kappa shape index (κ2) is 7.13. The standard InChI is InChI=1S/C13H18ClF3N2O/c1-8(2)5-18-6-10-4-12(19-7-11(10)14)20-9(3)13(15,16)17/h4,7-9,18H,5-6H2,1-3H3. The molecule has 0 aliphatic carbocycles. The van der Waals surface area contributed by atoms with Gasteiger partial charge in [0.25, 0.3) is 0 Å². The first kappa shape index (κ1) is 17.0. The SMILES string of the molecule is CC(C)CNCc1cc(OC(C)C(F)(F)F)ncc1Cl. The Balaban J connectivity index is 2.71. The monoisotopic (exact) mass is 310 g/mol. The van der Waals surface area contributed by atoms with Gasteiger partial charge in [0.2, 0.25) is 5.88 Å². The Morgan fingerprint density at radius 2 is 2.00 bits per heavy atom. The number of hydrogen-bond acceptors (Lipinski definition) is 3. The molecule has 1 aromatic heterocycles. The third kappa shape index (κ3) is 5.54. The van der Waals surface area contributed by atoms with Gasteiger partial charge in [-0.3, -0.25) is 0 Å². The summed E-state index contributed by atoms with van der Waals surface area (Å²) in [6.45, 7) is 6.29. The van der Waals surface area contributed by atoms with Gasteiger partial charge in [-0.1, -0.05) is 25.4 Å². The lowest BCUT2D eigenvalue weighted by Crippen LogP contribution is -2.31. The molecule has 1 unspecified atom stereocenters. The molecular formula is C13H18ClF3N2O. The van der Waals surface area contributed by atoms with Gasteiger partial charge in [-0.25, -0.2) is 4.98 Å². The summed E-state index contributed by atoms with van der Waals surface area (Å²) in [7, 11) is 0. The van der Waals surface area contributed by atoms with E-state index in [2.05, 4.69) is 24.1 Å². The third-order valence-electron chi connectivity index (χ3n) is 2.54. The van der Waals surface area contributed by atoms with Gasteiger partial charge in [-0.2, -0.15) is 13.2 Å². The predicted octanol–water partition coefficient (Wildman–Crippen LogP) is 3.81. The Bertz CT molecular complexity index is 438. The number of pyridine rings is 1. The molecule has 0 fully saturated rings. The van der Waals surface area contributed by atoms with Gasteiger partial charge in [0.15, 0.2) is 6.10 Å². The van der Waals surface area contributed by atoms with Crippen LogP contribution in [0.3, 0.4) is 0 Å². The minimum Gasteiger partial charge on any atom is -0.465 e. The van der Waals surface area contributed by atoms with E-state index in [1.165, 1.54) is 12.3 Å². The molecule has 0 aliphatic heterocycles. The first-order valence-corrected chi connectivity index (χ1v) is 6.66. The zero-order valence-corrected chi connectivity index (χ0v) is 12.3. The van der Waals surface area contributed by atoms with Crippen molar-refractivity contribution in [3.05, 3.63) is 22.8 Å². The summed E-state index contributed by atoms with van der Waals surface area (Å²) in [6, 6.07) is 1.43. The van der Waals surface area contributed by atoms with Crippen LogP contribution in [0.4, 0.5) is 13.2 Å². The summed E-state index contributed by atoms with van der Waals surface area (Å²) < 4.78 is 42.0. The van der Waals surface area contributed by atoms with Gasteiger partial charge in [0.05, 0.1) is 5.02 Å². The number of rotatable bonds is 6. The molecule has 20 heavy (non-hydrogen) atoms. The van der Waals surface area contributed by atoms with Crippen LogP contribution in [0.25, 0.3) is 0 Å². The highest BCUT2D eigenvalue weighted by atomic mass is 35.5. The number of aromatic nitrogens is 1. The quantitative estimate of drug-likeness (QED) is 0.867. The molecule has 114 valence electrons. The minimum atomic E-state index is -4.42. The zero-order chi connectivity index (χ0) is 15.3. The molecule has 0 saturated carbocycles. The summed E-state index contributed by atoms with van der Waals surface area (Å²) in [5.41, 5.74) is 0.659. The summed E-state index contributed by atoms with van der Waals surface area (Å²) in [6.07, 6.45) is -5.03. The van der Waals surface area contributed by atoms with E-state index in [9.17, 15) is 13.2 Å². The van der Waals surface area contributed by atoms with Crippen molar-refractivity contribution in [2.45, 2.75) is 39.6 Å². The number of hydrogen-bond donors (Lipinski definition) is 1. The fourth-order valence-corrected chi connectivity index (χ4v) is 1.57. The zero-order valence-electron chi connectivity index (χ0n) is 11.6. The van der Waals surface area contributed by atoms with Crippen LogP contribution in [0.1, 0.15) is 26.3 Å². The van der Waals surface area contributed by atoms with Crippen LogP contribution in [-0.2, 0) is 6.54 Å². The van der Waals surface area contributed by atoms with E-state index in [0.29, 0.717) is 23.0 Å². The van der Waals surface area contributed by atoms with Crippen molar-refractivity contribution < 1.29 is 17.9 Å². The average molecular weight is 311 g/mol. The maximum atomic E-state index is 12.4. The summed E-state index contributed by atoms with van der Waals surface area (Å²) in [4.78, 5) is 3.75. The van der Waals surface area contributed by atoms with E-state index in [-0.39, 0.29) is 5.88 Å². The summed E-state index contributed by atoms with van der Waals surface area (Å²) >= 11 is 5.96. The van der Waals surface area contributed by atoms with Crippen molar-refractivity contribution in [2.24, 2.45) is 5.92 Å². The summed E-state index contributed by atoms with van der Waals surface area (Å²) in [5.74, 6) is 0.386. The number of alkyl halides is 3. The van der Waals surface area contributed by atoms with Crippen molar-refractivity contribution in [1.82, 2.24) is 10.3 Å². The highest BCUT2D eigenvalue weighted by molar-refractivity contribution is 6.31. The van der Waals surface area contributed by atoms with Gasteiger partial charge in [-0.05, 0) is 24.9 Å². The van der Waals surface area contributed by atoms with Crippen molar-refractivity contribution in [3.8, 4) is 5.88 Å². The van der Waals surface area contributed by atoms with Crippen molar-refractivity contribution in [2.75, 3.05) is 6.54 Å². The first-order valence-electron chi connectivity index (χ1n) is 6.28. The topological polar surface area (TPSA) is 34.1 Å². The molecule has 0 bridgehead atoms. The molecule has 1 heterocycles. The van der Waals surface area contributed by atoms with Crippen LogP contribution >= 0.6 is 11.6 Å². The molecule has 3 nitrogen and oxygen atoms in total. The Kier molecular flexibility index (Phi) is 6.07. The Labute approximate surface area is 121 Å². The van der Waals surface area contributed by atoms with Gasteiger partial charge in [0, 0.05) is 18.8 Å². The maximum Gasteiger partial charge on any atom is 0.425 e. The van der Waals surface area contributed by atoms with Crippen molar-refractivity contribution in [1.29, 1.82) is 0 Å². The van der Waals surface area contributed by atoms with Crippen LogP contribution in [0.2, 0.25) is 5.02 Å². The lowest BCUT2D eigenvalue weighted by Gasteiger charge is -2.17. The smallest absolute Gasteiger partial charge is 0.425 e. The van der Waals surface area contributed by atoms with E-state index in [0.717, 1.165) is 13.5 Å². The van der Waals surface area contributed by atoms with Crippen LogP contribution in [0, 0.1) is 5.92 Å². The van der Waals surface area contributed by atoms with Crippen LogP contribution in [0.5, 0.6) is 5.88 Å². The number of halogens is 4. The van der Waals surface area contributed by atoms with Crippen LogP contribution in [0.15, 0.2) is 12.3 Å². The van der Waals surface area contributed by atoms with E-state index in [4.69, 9.17) is 16.3 Å². The highest BCUT2D eigenvalue weighted by Gasteiger charge is 2.38. The molecule has 7 heteroatoms. The van der Waals surface area contributed by atoms with E-state index >= 15 is 0 Å². The first-order chi connectivity index (χ1) is 9.20. The van der Waals surface area contributed by atoms with Gasteiger partial charge in [0.1, 0.15) is 0 Å². The third-order valence-corrected chi connectivity index (χ3v) is 2.88. The van der Waals surface area contributed by atoms with E-state index in [1.54, 1.807) is 0 Å². The molecule has 0 aliphatic rings. The maximum absolute atomic E-state index is 12.4. The van der Waals surface area contributed by atoms with Crippen molar-refractivity contribution >= 4 is 11.6 Å². The second-order valence-electron chi connectivity index (χ2n) is 4.94. The highest BCUT2D eigenvalue weighted by Crippen LogP contribution is 2.26. The summed E-state index contributed by atoms with van der Waals surface area (Å²) in [5, 5.41) is 3.56. The molecular weight excluding hydrogens is 293 g/mol. The lowest BCUT2D eigenvalue weighted by atomic mass is 10.2. The van der Waals surface area contributed by atoms with Crippen molar-refractivity contribution in [3.63, 3.8) is 0 Å². The predicted molar refractivity (Wildman–Crippen MR) is 71.9 cm³/mol. The number of nitrogens with zero attached hydrogens (tertiary/aromatic N) is 1. The number of nitrogens with one attached hydrogen (secondary N) is 1. The second-order valence-corrected chi connectivity index (χ2v) is 5.35. The molecule has 0 spiro atoms. The fourth-order valence-electron chi connectivity index (χ4n) is 1.40. The molecule has 1 atom stereocenters. The van der Waals surface area contributed by atoms with Gasteiger partial charge in [-0.15, -0.1) is 0 Å². The molecule has 1 N–H and O–H groups in total. The van der Waals surface area contributed by atoms with Gasteiger partial charge < -0.3 is 10.1 Å². The average Bonchev–Trinajstić information content (AvgIpc) is 2.31. The molecule has 0 saturated heterocycles. The van der Waals surface area contributed by atoms with Crippen LogP contribution < -0.4 is 10.1 Å². The van der Waals surface area contributed by atoms with Crippen LogP contribution in [-0.4, -0.2) is 23.8 Å².